The number of hydrogen-bond donors (Lipinski definition) is 13. The van der Waals surface area contributed by atoms with E-state index in [-0.39, 0.29) is 110 Å². The number of nitrogens with two attached hydrogens (primary N) is 2. The lowest BCUT2D eigenvalue weighted by Crippen LogP contribution is -2.45. The lowest BCUT2D eigenvalue weighted by Gasteiger charge is -2.19. The summed E-state index contributed by atoms with van der Waals surface area (Å²) >= 11 is 0. The zero-order valence-electron chi connectivity index (χ0n) is 45.4. The molecule has 0 bridgehead atoms. The SMILES string of the molecule is NC(=O)[C@@H](N)CCCCNC(O)CC[C@H](NC(=O)CC[C@H](NC(=O)COCCOCCNC(=O)COCCOCCNC(=O)CC[C@H](NC(=O)CCCCCCCCCCCCCCCCC(=O)O)C(=O)O)C(=O)O)C(=O)O. The standard InChI is InChI=1S/C51H92N8O19/c52-37(48(53)68)17-15-16-26-54-41(60)23-20-39(50(71)72)58-44(63)25-22-40(51(73)74)59-46(65)36-78-34-32-76-30-28-56-45(64)35-77-33-31-75-29-27-55-42(61)24-21-38(49(69)70)57-43(62)18-13-11-9-7-5-3-1-2-4-6-8-10-12-14-19-47(66)67/h37-41,54,60H,1-36,52H2,(H2,53,68)(H,55,61)(H,56,64)(H,57,62)(H,58,63)(H,59,65)(H,66,67)(H,69,70)(H,71,72)(H,73,74)/t37-,38-,39-,40-,41?/m0/s1. The number of nitrogens with one attached hydrogen (secondary N) is 6. The van der Waals surface area contributed by atoms with Crippen LogP contribution in [0.2, 0.25) is 0 Å². The minimum absolute atomic E-state index is 0.0277. The first-order valence-electron chi connectivity index (χ1n) is 27.4. The van der Waals surface area contributed by atoms with Gasteiger partial charge in [-0.3, -0.25) is 38.9 Å². The van der Waals surface area contributed by atoms with Gasteiger partial charge in [-0.2, -0.15) is 0 Å². The maximum Gasteiger partial charge on any atom is 0.326 e. The molecule has 0 aliphatic heterocycles. The number of aliphatic carboxylic acids is 4. The van der Waals surface area contributed by atoms with E-state index in [9.17, 15) is 68.4 Å². The van der Waals surface area contributed by atoms with Gasteiger partial charge >= 0.3 is 23.9 Å². The molecule has 15 N–H and O–H groups in total. The van der Waals surface area contributed by atoms with E-state index in [2.05, 4.69) is 31.9 Å². The first-order chi connectivity index (χ1) is 37.3. The molecule has 0 aliphatic rings. The molecule has 6 amide bonds. The van der Waals surface area contributed by atoms with Gasteiger partial charge in [-0.25, -0.2) is 14.4 Å². The van der Waals surface area contributed by atoms with Crippen LogP contribution in [0.3, 0.4) is 0 Å². The molecule has 0 rings (SSSR count). The molecule has 0 radical (unpaired) electrons. The van der Waals surface area contributed by atoms with Crippen LogP contribution in [0.25, 0.3) is 0 Å². The topological polar surface area (TPSA) is 433 Å². The highest BCUT2D eigenvalue weighted by atomic mass is 16.5. The van der Waals surface area contributed by atoms with Crippen LogP contribution in [0.4, 0.5) is 0 Å². The zero-order chi connectivity index (χ0) is 58.2. The number of primary amides is 1. The molecule has 0 saturated carbocycles. The van der Waals surface area contributed by atoms with Crippen molar-refractivity contribution < 1.29 is 92.4 Å². The van der Waals surface area contributed by atoms with Gasteiger partial charge in [0.1, 0.15) is 37.6 Å². The van der Waals surface area contributed by atoms with Gasteiger partial charge in [-0.05, 0) is 57.9 Å². The summed E-state index contributed by atoms with van der Waals surface area (Å²) in [7, 11) is 0. The molecule has 0 aliphatic carbocycles. The Balaban J connectivity index is 3.95. The van der Waals surface area contributed by atoms with Crippen LogP contribution in [0.15, 0.2) is 0 Å². The molecule has 27 nitrogen and oxygen atoms in total. The van der Waals surface area contributed by atoms with Crippen LogP contribution in [-0.4, -0.2) is 188 Å². The Morgan fingerprint density at radius 2 is 0.782 bits per heavy atom. The molecule has 0 aromatic heterocycles. The summed E-state index contributed by atoms with van der Waals surface area (Å²) < 4.78 is 21.2. The first-order valence-corrected chi connectivity index (χ1v) is 27.4. The fraction of sp³-hybridized carbons (Fsp3) is 0.804. The number of carboxylic acid groups (broad SMARTS) is 4. The number of unbranched alkanes of at least 4 members (excludes halogenated alkanes) is 14. The lowest BCUT2D eigenvalue weighted by atomic mass is 10.0. The second-order valence-electron chi connectivity index (χ2n) is 18.9. The summed E-state index contributed by atoms with van der Waals surface area (Å²) in [5.41, 5.74) is 10.7. The van der Waals surface area contributed by atoms with Crippen molar-refractivity contribution in [1.29, 1.82) is 0 Å². The molecule has 0 aromatic rings. The molecular formula is C51H92N8O19. The van der Waals surface area contributed by atoms with E-state index in [1.165, 1.54) is 32.1 Å². The van der Waals surface area contributed by atoms with E-state index in [4.69, 9.17) is 35.5 Å². The van der Waals surface area contributed by atoms with Crippen LogP contribution in [-0.2, 0) is 66.9 Å². The van der Waals surface area contributed by atoms with Crippen molar-refractivity contribution >= 4 is 59.3 Å². The summed E-state index contributed by atoms with van der Waals surface area (Å²) in [6.45, 7) is 0.361. The van der Waals surface area contributed by atoms with Gasteiger partial charge in [0.25, 0.3) is 0 Å². The summed E-state index contributed by atoms with van der Waals surface area (Å²) in [5.74, 6) is -8.07. The number of carbonyl (C=O) groups excluding carboxylic acids is 6. The highest BCUT2D eigenvalue weighted by Crippen LogP contribution is 2.14. The van der Waals surface area contributed by atoms with E-state index < -0.39 is 96.8 Å². The molecular weight excluding hydrogens is 1030 g/mol. The number of aliphatic hydroxyl groups is 1. The Labute approximate surface area is 457 Å². The maximum absolute atomic E-state index is 12.4. The number of rotatable bonds is 55. The van der Waals surface area contributed by atoms with Gasteiger partial charge in [-0.1, -0.05) is 83.5 Å². The number of aliphatic hydroxyl groups excluding tert-OH is 1. The average molecular weight is 1120 g/mol. The summed E-state index contributed by atoms with van der Waals surface area (Å²) in [5, 5.41) is 62.4. The first kappa shape index (κ1) is 72.4. The van der Waals surface area contributed by atoms with E-state index in [1.54, 1.807) is 0 Å². The van der Waals surface area contributed by atoms with Gasteiger partial charge in [0.05, 0.1) is 45.7 Å². The molecule has 0 saturated heterocycles. The fourth-order valence-electron chi connectivity index (χ4n) is 7.54. The Kier molecular flexibility index (Phi) is 45.1. The normalized spacial score (nSPS) is 13.1. The number of carboxylic acids is 4. The van der Waals surface area contributed by atoms with Crippen molar-refractivity contribution in [3.05, 3.63) is 0 Å². The van der Waals surface area contributed by atoms with Gasteiger partial charge in [0, 0.05) is 38.8 Å². The summed E-state index contributed by atoms with van der Waals surface area (Å²) in [4.78, 5) is 118. The van der Waals surface area contributed by atoms with E-state index in [0.29, 0.717) is 32.2 Å². The largest absolute Gasteiger partial charge is 0.481 e. The molecule has 78 heavy (non-hydrogen) atoms. The second-order valence-corrected chi connectivity index (χ2v) is 18.9. The van der Waals surface area contributed by atoms with E-state index in [0.717, 1.165) is 51.4 Å². The van der Waals surface area contributed by atoms with Gasteiger partial charge in [0.15, 0.2) is 0 Å². The quantitative estimate of drug-likeness (QED) is 0.0292. The predicted molar refractivity (Wildman–Crippen MR) is 282 cm³/mol. The van der Waals surface area contributed by atoms with Crippen molar-refractivity contribution in [3.63, 3.8) is 0 Å². The number of ether oxygens (including phenoxy) is 4. The molecule has 1 unspecified atom stereocenters. The van der Waals surface area contributed by atoms with Crippen molar-refractivity contribution in [1.82, 2.24) is 31.9 Å². The highest BCUT2D eigenvalue weighted by Gasteiger charge is 2.25. The predicted octanol–water partition coefficient (Wildman–Crippen LogP) is 0.551. The monoisotopic (exact) mass is 1120 g/mol. The summed E-state index contributed by atoms with van der Waals surface area (Å²) in [6, 6.07) is -4.78. The molecule has 27 heteroatoms. The smallest absolute Gasteiger partial charge is 0.326 e. The summed E-state index contributed by atoms with van der Waals surface area (Å²) in [6.07, 6.45) is 14.6. The Bertz CT molecular complexity index is 1730. The maximum atomic E-state index is 12.4. The van der Waals surface area contributed by atoms with Crippen LogP contribution < -0.4 is 43.4 Å². The average Bonchev–Trinajstić information content (AvgIpc) is 3.38. The van der Waals surface area contributed by atoms with Crippen LogP contribution in [0, 0.1) is 0 Å². The third kappa shape index (κ3) is 45.4. The molecule has 0 aromatic carbocycles. The second kappa shape index (κ2) is 48.5. The van der Waals surface area contributed by atoms with Crippen LogP contribution in [0.1, 0.15) is 161 Å². The number of carbonyl (C=O) groups is 10. The van der Waals surface area contributed by atoms with E-state index in [1.807, 2.05) is 0 Å². The van der Waals surface area contributed by atoms with Crippen molar-refractivity contribution in [2.24, 2.45) is 11.5 Å². The molecule has 450 valence electrons. The number of hydrogen-bond acceptors (Lipinski definition) is 17. The minimum Gasteiger partial charge on any atom is -0.481 e. The lowest BCUT2D eigenvalue weighted by molar-refractivity contribution is -0.144. The highest BCUT2D eigenvalue weighted by molar-refractivity contribution is 5.87. The third-order valence-electron chi connectivity index (χ3n) is 12.0. The Hall–Kier alpha value is -5.58. The van der Waals surface area contributed by atoms with Crippen molar-refractivity contribution in [3.8, 4) is 0 Å². The number of amides is 6. The van der Waals surface area contributed by atoms with Crippen molar-refractivity contribution in [2.45, 2.75) is 191 Å². The van der Waals surface area contributed by atoms with E-state index >= 15 is 0 Å². The van der Waals surface area contributed by atoms with Crippen molar-refractivity contribution in [2.75, 3.05) is 72.5 Å². The van der Waals surface area contributed by atoms with Gasteiger partial charge in [-0.15, -0.1) is 0 Å². The Morgan fingerprint density at radius 1 is 0.385 bits per heavy atom. The van der Waals surface area contributed by atoms with Crippen LogP contribution in [0.5, 0.6) is 0 Å². The molecule has 0 heterocycles. The minimum atomic E-state index is -1.47. The third-order valence-corrected chi connectivity index (χ3v) is 12.0. The Morgan fingerprint density at radius 3 is 1.26 bits per heavy atom. The van der Waals surface area contributed by atoms with Gasteiger partial charge in [0.2, 0.25) is 35.4 Å². The van der Waals surface area contributed by atoms with Gasteiger partial charge < -0.3 is 82.5 Å². The molecule has 0 spiro atoms. The fourth-order valence-corrected chi connectivity index (χ4v) is 7.54. The molecule has 5 atom stereocenters. The molecule has 0 fully saturated rings. The zero-order valence-corrected chi connectivity index (χ0v) is 45.4. The van der Waals surface area contributed by atoms with Crippen LogP contribution >= 0.6 is 0 Å².